The fourth-order valence-corrected chi connectivity index (χ4v) is 11.4. The Morgan fingerprint density at radius 2 is 0.769 bits per heavy atom. The maximum Gasteiger partial charge on any atom is 0.220 e. The van der Waals surface area contributed by atoms with Gasteiger partial charge in [-0.05, 0) is 83.5 Å². The van der Waals surface area contributed by atoms with Crippen molar-refractivity contribution in [2.45, 2.75) is 336 Å². The van der Waals surface area contributed by atoms with Gasteiger partial charge in [-0.15, -0.1) is 0 Å². The normalized spacial score (nSPS) is 28.4. The first-order valence-corrected chi connectivity index (χ1v) is 35.3. The van der Waals surface area contributed by atoms with Gasteiger partial charge < -0.3 is 89.9 Å². The van der Waals surface area contributed by atoms with E-state index in [0.29, 0.717) is 12.8 Å². The molecule has 0 radical (unpaired) electrons. The Balaban J connectivity index is 1.45. The van der Waals surface area contributed by atoms with Crippen LogP contribution in [0.2, 0.25) is 0 Å². The van der Waals surface area contributed by atoms with E-state index in [-0.39, 0.29) is 18.9 Å². The summed E-state index contributed by atoms with van der Waals surface area (Å²) in [6.45, 7) is 1.59. The summed E-state index contributed by atoms with van der Waals surface area (Å²) in [5, 5.41) is 121. The van der Waals surface area contributed by atoms with E-state index < -0.39 is 124 Å². The van der Waals surface area contributed by atoms with E-state index in [1.165, 1.54) is 116 Å². The van der Waals surface area contributed by atoms with E-state index in [9.17, 15) is 61.0 Å². The van der Waals surface area contributed by atoms with Crippen molar-refractivity contribution >= 4 is 5.91 Å². The average molecular weight is 1290 g/mol. The summed E-state index contributed by atoms with van der Waals surface area (Å²) in [6.07, 6.45) is 41.2. The highest BCUT2D eigenvalue weighted by Gasteiger charge is 2.53. The van der Waals surface area contributed by atoms with E-state index in [1.54, 1.807) is 6.08 Å². The van der Waals surface area contributed by atoms with Crippen molar-refractivity contribution < 1.29 is 89.4 Å². The van der Waals surface area contributed by atoms with Crippen molar-refractivity contribution in [1.29, 1.82) is 0 Å². The quantitative estimate of drug-likeness (QED) is 0.0199. The lowest BCUT2D eigenvalue weighted by Gasteiger charge is -2.48. The molecule has 0 aromatic rings. The number of ether oxygens (including phenoxy) is 6. The summed E-state index contributed by atoms with van der Waals surface area (Å²) in [4.78, 5) is 13.4. The summed E-state index contributed by atoms with van der Waals surface area (Å²) >= 11 is 0. The van der Waals surface area contributed by atoms with Crippen molar-refractivity contribution in [3.05, 3.63) is 85.1 Å². The van der Waals surface area contributed by atoms with Crippen molar-refractivity contribution in [1.82, 2.24) is 5.32 Å². The van der Waals surface area contributed by atoms with Gasteiger partial charge in [0, 0.05) is 6.42 Å². The number of rotatable bonds is 53. The number of aliphatic hydroxyl groups is 11. The third-order valence-electron chi connectivity index (χ3n) is 17.2. The molecule has 0 aliphatic carbocycles. The van der Waals surface area contributed by atoms with Crippen LogP contribution in [0.4, 0.5) is 0 Å². The molecule has 0 bridgehead atoms. The largest absolute Gasteiger partial charge is 0.394 e. The Kier molecular flexibility index (Phi) is 48.0. The van der Waals surface area contributed by atoms with Crippen LogP contribution in [0.15, 0.2) is 85.1 Å². The van der Waals surface area contributed by atoms with Gasteiger partial charge in [-0.2, -0.15) is 0 Å². The summed E-state index contributed by atoms with van der Waals surface area (Å²) in [7, 11) is 0. The van der Waals surface area contributed by atoms with E-state index in [4.69, 9.17) is 28.4 Å². The summed E-state index contributed by atoms with van der Waals surface area (Å²) < 4.78 is 34.3. The molecular weight excluding hydrogens is 1170 g/mol. The summed E-state index contributed by atoms with van der Waals surface area (Å²) in [5.74, 6) is -0.294. The second-order valence-corrected chi connectivity index (χ2v) is 24.9. The standard InChI is InChI=1S/C72H125NO18/c1-3-5-7-9-11-13-15-17-19-21-23-25-26-27-28-30-32-34-36-38-40-42-44-46-48-50-60(78)73-55(56(77)49-47-45-43-41-39-37-35-33-31-29-24-22-20-18-16-14-12-10-8-6-4-2)54-86-70-66(84)63(81)68(58(52-75)88-70)91-72-67(85)64(82)69(59(53-76)89-72)90-71-65(83)62(80)61(79)57(51-74)87-71/h5,7,11,13,17,19,23,25,31,33,39,41,47,49,55-59,61-72,74-77,79-85H,3-4,6,8-10,12,14-16,18,20-22,24,26-30,32,34-38,40,42-46,48,50-54H2,1-2H3,(H,73,78)/b7-5-,13-11-,19-17-,25-23-,33-31+,41-39+,49-47+. The molecule has 0 saturated carbocycles. The van der Waals surface area contributed by atoms with Gasteiger partial charge in [0.05, 0.1) is 38.6 Å². The zero-order valence-corrected chi connectivity index (χ0v) is 55.5. The lowest BCUT2D eigenvalue weighted by molar-refractivity contribution is -0.379. The van der Waals surface area contributed by atoms with Crippen molar-refractivity contribution in [3.63, 3.8) is 0 Å². The Morgan fingerprint density at radius 3 is 1.23 bits per heavy atom. The van der Waals surface area contributed by atoms with Gasteiger partial charge in [0.2, 0.25) is 5.91 Å². The van der Waals surface area contributed by atoms with E-state index >= 15 is 0 Å². The molecule has 3 rings (SSSR count). The number of carbonyl (C=O) groups is 1. The molecule has 19 nitrogen and oxygen atoms in total. The van der Waals surface area contributed by atoms with Crippen molar-refractivity contribution in [2.75, 3.05) is 26.4 Å². The van der Waals surface area contributed by atoms with Gasteiger partial charge in [0.25, 0.3) is 0 Å². The number of nitrogens with one attached hydrogen (secondary N) is 1. The molecular formula is C72H125NO18. The third-order valence-corrected chi connectivity index (χ3v) is 17.2. The first-order valence-electron chi connectivity index (χ1n) is 35.3. The Labute approximate surface area is 546 Å². The SMILES string of the molecule is CC/C=C\C/C=C\C/C=C\C/C=C\CCCCCCCCCCCCCCC(=O)NC(COC1OC(CO)C(OC2OC(CO)C(OC3OC(CO)C(O)C(O)C3O)C(O)C2O)C(O)C1O)C(O)/C=C/CC/C=C/CC/C=C/CCCCCCCCCCCCC. The molecule has 3 heterocycles. The molecule has 17 atom stereocenters. The fraction of sp³-hybridized carbons (Fsp3) is 0.792. The average Bonchev–Trinajstić information content (AvgIpc) is 0.883. The first kappa shape index (κ1) is 82.2. The summed E-state index contributed by atoms with van der Waals surface area (Å²) in [6, 6.07) is -1.00. The second-order valence-electron chi connectivity index (χ2n) is 24.9. The minimum atomic E-state index is -1.99. The van der Waals surface area contributed by atoms with Gasteiger partial charge in [-0.1, -0.05) is 227 Å². The molecule has 17 unspecified atom stereocenters. The number of hydrogen-bond acceptors (Lipinski definition) is 18. The topological polar surface area (TPSA) is 307 Å². The predicted octanol–water partition coefficient (Wildman–Crippen LogP) is 9.49. The van der Waals surface area contributed by atoms with Crippen LogP contribution in [0.3, 0.4) is 0 Å². The smallest absolute Gasteiger partial charge is 0.220 e. The van der Waals surface area contributed by atoms with E-state index in [1.807, 2.05) is 6.08 Å². The van der Waals surface area contributed by atoms with Gasteiger partial charge in [-0.3, -0.25) is 4.79 Å². The maximum atomic E-state index is 13.4. The second kappa shape index (κ2) is 53.2. The van der Waals surface area contributed by atoms with Crippen molar-refractivity contribution in [3.8, 4) is 0 Å². The monoisotopic (exact) mass is 1290 g/mol. The number of allylic oxidation sites excluding steroid dienone is 13. The molecule has 1 amide bonds. The minimum absolute atomic E-state index is 0.225. The van der Waals surface area contributed by atoms with Gasteiger partial charge in [0.15, 0.2) is 18.9 Å². The van der Waals surface area contributed by atoms with E-state index in [0.717, 1.165) is 83.5 Å². The summed E-state index contributed by atoms with van der Waals surface area (Å²) in [5.41, 5.74) is 0. The number of hydrogen-bond donors (Lipinski definition) is 12. The van der Waals surface area contributed by atoms with Crippen molar-refractivity contribution in [2.24, 2.45) is 0 Å². The molecule has 3 fully saturated rings. The highest BCUT2D eigenvalue weighted by atomic mass is 16.8. The lowest BCUT2D eigenvalue weighted by atomic mass is 9.96. The molecule has 0 aromatic heterocycles. The van der Waals surface area contributed by atoms with Gasteiger partial charge in [0.1, 0.15) is 73.2 Å². The molecule has 3 saturated heterocycles. The van der Waals surface area contributed by atoms with Gasteiger partial charge >= 0.3 is 0 Å². The zero-order valence-electron chi connectivity index (χ0n) is 55.5. The lowest BCUT2D eigenvalue weighted by Crippen LogP contribution is -2.66. The van der Waals surface area contributed by atoms with Gasteiger partial charge in [-0.25, -0.2) is 0 Å². The molecule has 3 aliphatic heterocycles. The molecule has 19 heteroatoms. The molecule has 3 aliphatic rings. The maximum absolute atomic E-state index is 13.4. The van der Waals surface area contributed by atoms with Crippen LogP contribution in [0.5, 0.6) is 0 Å². The van der Waals surface area contributed by atoms with Crippen LogP contribution in [-0.2, 0) is 33.2 Å². The fourth-order valence-electron chi connectivity index (χ4n) is 11.4. The van der Waals surface area contributed by atoms with Crippen LogP contribution >= 0.6 is 0 Å². The van der Waals surface area contributed by atoms with E-state index in [2.05, 4.69) is 92.1 Å². The molecule has 0 aromatic carbocycles. The Hall–Kier alpha value is -3.03. The highest BCUT2D eigenvalue weighted by Crippen LogP contribution is 2.33. The first-order chi connectivity index (χ1) is 44.3. The third kappa shape index (κ3) is 35.0. The van der Waals surface area contributed by atoms with Crippen LogP contribution in [0.1, 0.15) is 232 Å². The number of aliphatic hydroxyl groups excluding tert-OH is 11. The number of unbranched alkanes of at least 4 members (excludes halogenated alkanes) is 25. The molecule has 526 valence electrons. The minimum Gasteiger partial charge on any atom is -0.394 e. The highest BCUT2D eigenvalue weighted by molar-refractivity contribution is 5.76. The molecule has 0 spiro atoms. The van der Waals surface area contributed by atoms with Crippen LogP contribution in [-0.4, -0.2) is 193 Å². The number of carbonyl (C=O) groups excluding carboxylic acids is 1. The predicted molar refractivity (Wildman–Crippen MR) is 355 cm³/mol. The zero-order chi connectivity index (χ0) is 66.1. The van der Waals surface area contributed by atoms with Crippen LogP contribution in [0, 0.1) is 0 Å². The van der Waals surface area contributed by atoms with Crippen LogP contribution in [0.25, 0.3) is 0 Å². The van der Waals surface area contributed by atoms with Crippen LogP contribution < -0.4 is 5.32 Å². The Bertz CT molecular complexity index is 1980. The molecule has 91 heavy (non-hydrogen) atoms. The Morgan fingerprint density at radius 1 is 0.407 bits per heavy atom. The number of amides is 1. The molecule has 12 N–H and O–H groups in total.